The number of carbonyl (C=O) groups is 1. The molecule has 0 bridgehead atoms. The maximum atomic E-state index is 12.9. The molecule has 0 saturated carbocycles. The standard InChI is InChI=1S/C20H23ClN4O2S/c1-5-13(4)25-19(27)18-16(8-12(3)22-18)24-20(25)28-10-17(26)23-14-7-6-11(2)15(21)9-14/h6-9,13,22H,5,10H2,1-4H3,(H,23,26)/t13-/m1/s1. The Morgan fingerprint density at radius 2 is 2.11 bits per heavy atom. The fourth-order valence-electron chi connectivity index (χ4n) is 2.86. The van der Waals surface area contributed by atoms with Crippen LogP contribution in [0.1, 0.15) is 37.6 Å². The molecule has 1 aromatic carbocycles. The molecule has 6 nitrogen and oxygen atoms in total. The van der Waals surface area contributed by atoms with Gasteiger partial charge in [-0.15, -0.1) is 0 Å². The van der Waals surface area contributed by atoms with Gasteiger partial charge in [0, 0.05) is 22.4 Å². The van der Waals surface area contributed by atoms with E-state index in [-0.39, 0.29) is 23.3 Å². The van der Waals surface area contributed by atoms with Crippen LogP contribution in [0, 0.1) is 13.8 Å². The smallest absolute Gasteiger partial charge is 0.278 e. The van der Waals surface area contributed by atoms with Crippen LogP contribution in [0.4, 0.5) is 5.69 Å². The van der Waals surface area contributed by atoms with E-state index in [0.29, 0.717) is 26.9 Å². The van der Waals surface area contributed by atoms with Crippen molar-refractivity contribution in [2.75, 3.05) is 11.1 Å². The Morgan fingerprint density at radius 3 is 2.79 bits per heavy atom. The quantitative estimate of drug-likeness (QED) is 0.449. The Balaban J connectivity index is 1.83. The van der Waals surface area contributed by atoms with Crippen LogP contribution < -0.4 is 10.9 Å². The first-order valence-electron chi connectivity index (χ1n) is 9.10. The highest BCUT2D eigenvalue weighted by atomic mass is 35.5. The summed E-state index contributed by atoms with van der Waals surface area (Å²) in [5.41, 5.74) is 3.49. The molecule has 3 rings (SSSR count). The first kappa shape index (κ1) is 20.5. The molecule has 0 aliphatic carbocycles. The zero-order valence-electron chi connectivity index (χ0n) is 16.3. The predicted molar refractivity (Wildman–Crippen MR) is 116 cm³/mol. The number of H-pyrrole nitrogens is 1. The Kier molecular flexibility index (Phi) is 6.15. The molecule has 0 fully saturated rings. The van der Waals surface area contributed by atoms with Crippen molar-refractivity contribution in [3.8, 4) is 0 Å². The third-order valence-electron chi connectivity index (χ3n) is 4.61. The van der Waals surface area contributed by atoms with E-state index in [1.165, 1.54) is 11.8 Å². The molecular formula is C20H23ClN4O2S. The van der Waals surface area contributed by atoms with E-state index in [0.717, 1.165) is 17.7 Å². The monoisotopic (exact) mass is 418 g/mol. The SMILES string of the molecule is CC[C@@H](C)n1c(SCC(=O)Nc2ccc(C)c(Cl)c2)nc2cc(C)[nH]c2c1=O. The number of amides is 1. The van der Waals surface area contributed by atoms with Gasteiger partial charge in [-0.05, 0) is 51.0 Å². The van der Waals surface area contributed by atoms with Crippen LogP contribution in [0.15, 0.2) is 34.2 Å². The maximum Gasteiger partial charge on any atom is 0.278 e. The van der Waals surface area contributed by atoms with Crippen molar-refractivity contribution in [1.29, 1.82) is 0 Å². The number of carbonyl (C=O) groups excluding carboxylic acids is 1. The number of anilines is 1. The molecule has 8 heteroatoms. The molecule has 0 aliphatic rings. The largest absolute Gasteiger partial charge is 0.353 e. The summed E-state index contributed by atoms with van der Waals surface area (Å²) in [4.78, 5) is 33.0. The second-order valence-corrected chi connectivity index (χ2v) is 8.19. The molecule has 0 saturated heterocycles. The van der Waals surface area contributed by atoms with Crippen molar-refractivity contribution in [1.82, 2.24) is 14.5 Å². The van der Waals surface area contributed by atoms with Crippen molar-refractivity contribution in [2.45, 2.75) is 45.3 Å². The Morgan fingerprint density at radius 1 is 1.36 bits per heavy atom. The lowest BCUT2D eigenvalue weighted by Crippen LogP contribution is -2.26. The fourth-order valence-corrected chi connectivity index (χ4v) is 3.94. The molecule has 0 unspecified atom stereocenters. The summed E-state index contributed by atoms with van der Waals surface area (Å²) in [6.07, 6.45) is 0.786. The topological polar surface area (TPSA) is 79.8 Å². The number of rotatable bonds is 6. The molecule has 2 N–H and O–H groups in total. The van der Waals surface area contributed by atoms with Crippen molar-refractivity contribution in [3.63, 3.8) is 0 Å². The Bertz CT molecular complexity index is 1090. The Labute approximate surface area is 172 Å². The molecule has 2 heterocycles. The van der Waals surface area contributed by atoms with E-state index < -0.39 is 0 Å². The van der Waals surface area contributed by atoms with E-state index in [9.17, 15) is 9.59 Å². The van der Waals surface area contributed by atoms with Gasteiger partial charge in [-0.2, -0.15) is 0 Å². The van der Waals surface area contributed by atoms with Gasteiger partial charge in [-0.3, -0.25) is 14.2 Å². The van der Waals surface area contributed by atoms with Crippen LogP contribution in [0.2, 0.25) is 5.02 Å². The number of thioether (sulfide) groups is 1. The van der Waals surface area contributed by atoms with Gasteiger partial charge in [0.2, 0.25) is 5.91 Å². The van der Waals surface area contributed by atoms with Crippen LogP contribution in [-0.2, 0) is 4.79 Å². The fraction of sp³-hybridized carbons (Fsp3) is 0.350. The average molecular weight is 419 g/mol. The number of aromatic amines is 1. The van der Waals surface area contributed by atoms with E-state index in [1.54, 1.807) is 10.6 Å². The highest BCUT2D eigenvalue weighted by molar-refractivity contribution is 7.99. The highest BCUT2D eigenvalue weighted by Crippen LogP contribution is 2.24. The number of benzene rings is 1. The molecule has 3 aromatic rings. The van der Waals surface area contributed by atoms with E-state index >= 15 is 0 Å². The lowest BCUT2D eigenvalue weighted by molar-refractivity contribution is -0.113. The zero-order valence-corrected chi connectivity index (χ0v) is 17.9. The number of halogens is 1. The zero-order chi connectivity index (χ0) is 20.4. The van der Waals surface area contributed by atoms with Crippen LogP contribution in [0.3, 0.4) is 0 Å². The van der Waals surface area contributed by atoms with Crippen molar-refractivity contribution in [3.05, 3.63) is 50.9 Å². The number of nitrogens with zero attached hydrogens (tertiary/aromatic N) is 2. The number of nitrogens with one attached hydrogen (secondary N) is 2. The minimum absolute atomic E-state index is 0.0190. The number of aromatic nitrogens is 3. The Hall–Kier alpha value is -2.25. The minimum atomic E-state index is -0.180. The second kappa shape index (κ2) is 8.41. The molecule has 1 atom stereocenters. The summed E-state index contributed by atoms with van der Waals surface area (Å²) in [5.74, 6) is -0.0382. The van der Waals surface area contributed by atoms with Crippen molar-refractivity contribution in [2.24, 2.45) is 0 Å². The number of hydrogen-bond donors (Lipinski definition) is 2. The predicted octanol–water partition coefficient (Wildman–Crippen LogP) is 4.70. The number of hydrogen-bond acceptors (Lipinski definition) is 4. The van der Waals surface area contributed by atoms with Gasteiger partial charge >= 0.3 is 0 Å². The molecular weight excluding hydrogens is 396 g/mol. The first-order chi connectivity index (χ1) is 13.3. The molecule has 0 spiro atoms. The van der Waals surface area contributed by atoms with Crippen molar-refractivity contribution >= 4 is 46.0 Å². The van der Waals surface area contributed by atoms with Gasteiger partial charge in [0.1, 0.15) is 5.52 Å². The summed E-state index contributed by atoms with van der Waals surface area (Å²) in [6.45, 7) is 7.79. The molecule has 2 aromatic heterocycles. The maximum absolute atomic E-state index is 12.9. The van der Waals surface area contributed by atoms with Crippen LogP contribution >= 0.6 is 23.4 Å². The highest BCUT2D eigenvalue weighted by Gasteiger charge is 2.18. The van der Waals surface area contributed by atoms with E-state index in [1.807, 2.05) is 45.9 Å². The molecule has 148 valence electrons. The summed E-state index contributed by atoms with van der Waals surface area (Å²) >= 11 is 7.37. The molecule has 0 radical (unpaired) electrons. The molecule has 28 heavy (non-hydrogen) atoms. The average Bonchev–Trinajstić information content (AvgIpc) is 3.03. The molecule has 1 amide bonds. The van der Waals surface area contributed by atoms with E-state index in [4.69, 9.17) is 11.6 Å². The summed E-state index contributed by atoms with van der Waals surface area (Å²) in [6, 6.07) is 7.22. The van der Waals surface area contributed by atoms with Gasteiger partial charge in [0.05, 0.1) is 11.3 Å². The van der Waals surface area contributed by atoms with Crippen LogP contribution in [0.5, 0.6) is 0 Å². The van der Waals surface area contributed by atoms with Crippen molar-refractivity contribution < 1.29 is 4.79 Å². The number of aryl methyl sites for hydroxylation is 2. The van der Waals surface area contributed by atoms with Gasteiger partial charge in [-0.25, -0.2) is 4.98 Å². The van der Waals surface area contributed by atoms with Gasteiger partial charge in [0.25, 0.3) is 5.56 Å². The van der Waals surface area contributed by atoms with Crippen LogP contribution in [0.25, 0.3) is 11.0 Å². The lowest BCUT2D eigenvalue weighted by atomic mass is 10.2. The van der Waals surface area contributed by atoms with E-state index in [2.05, 4.69) is 15.3 Å². The molecule has 0 aliphatic heterocycles. The summed E-state index contributed by atoms with van der Waals surface area (Å²) in [7, 11) is 0. The third kappa shape index (κ3) is 4.25. The first-order valence-corrected chi connectivity index (χ1v) is 10.5. The normalized spacial score (nSPS) is 12.3. The second-order valence-electron chi connectivity index (χ2n) is 6.84. The summed E-state index contributed by atoms with van der Waals surface area (Å²) < 4.78 is 1.67. The van der Waals surface area contributed by atoms with Gasteiger partial charge in [-0.1, -0.05) is 36.4 Å². The number of fused-ring (bicyclic) bond motifs is 1. The van der Waals surface area contributed by atoms with Crippen LogP contribution in [-0.4, -0.2) is 26.2 Å². The third-order valence-corrected chi connectivity index (χ3v) is 5.97. The van der Waals surface area contributed by atoms with Gasteiger partial charge in [0.15, 0.2) is 5.16 Å². The van der Waals surface area contributed by atoms with Gasteiger partial charge < -0.3 is 10.3 Å². The lowest BCUT2D eigenvalue weighted by Gasteiger charge is -2.17. The summed E-state index contributed by atoms with van der Waals surface area (Å²) in [5, 5.41) is 3.98. The minimum Gasteiger partial charge on any atom is -0.353 e.